The van der Waals surface area contributed by atoms with Gasteiger partial charge in [0.25, 0.3) is 0 Å². The molecule has 7 atom stereocenters. The monoisotopic (exact) mass is 348 g/mol. The van der Waals surface area contributed by atoms with Crippen molar-refractivity contribution in [1.29, 1.82) is 0 Å². The van der Waals surface area contributed by atoms with Crippen molar-refractivity contribution < 1.29 is 19.4 Å². The number of halogens is 1. The van der Waals surface area contributed by atoms with Crippen molar-refractivity contribution in [2.24, 2.45) is 28.6 Å². The van der Waals surface area contributed by atoms with Gasteiger partial charge in [0.1, 0.15) is 6.17 Å². The second-order valence-electron chi connectivity index (χ2n) is 9.57. The van der Waals surface area contributed by atoms with Gasteiger partial charge in [0.15, 0.2) is 5.78 Å². The highest BCUT2D eigenvalue weighted by Crippen LogP contribution is 2.68. The van der Waals surface area contributed by atoms with Gasteiger partial charge in [0.05, 0.1) is 11.9 Å². The molecule has 25 heavy (non-hydrogen) atoms. The second-order valence-corrected chi connectivity index (χ2v) is 9.57. The lowest BCUT2D eigenvalue weighted by Crippen LogP contribution is -2.58. The molecule has 3 fully saturated rings. The van der Waals surface area contributed by atoms with Crippen LogP contribution in [0.3, 0.4) is 0 Å². The number of hydrogen-bond acceptors (Lipinski definition) is 3. The molecular formula is C21H29FO3. The average Bonchev–Trinajstić information content (AvgIpc) is 2.76. The summed E-state index contributed by atoms with van der Waals surface area (Å²) in [5.74, 6) is 0.297. The number of aliphatic hydroxyl groups excluding tert-OH is 1. The molecule has 3 nitrogen and oxygen atoms in total. The van der Waals surface area contributed by atoms with Crippen molar-refractivity contribution in [2.75, 3.05) is 0 Å². The van der Waals surface area contributed by atoms with Gasteiger partial charge >= 0.3 is 0 Å². The van der Waals surface area contributed by atoms with E-state index in [0.717, 1.165) is 37.5 Å². The topological polar surface area (TPSA) is 57.5 Å². The Morgan fingerprint density at radius 3 is 2.68 bits per heavy atom. The van der Waals surface area contributed by atoms with Crippen LogP contribution in [0, 0.1) is 28.6 Å². The van der Waals surface area contributed by atoms with Crippen LogP contribution in [0.15, 0.2) is 23.5 Å². The molecule has 0 spiro atoms. The van der Waals surface area contributed by atoms with E-state index in [2.05, 4.69) is 13.8 Å². The summed E-state index contributed by atoms with van der Waals surface area (Å²) in [6, 6.07) is 0. The van der Waals surface area contributed by atoms with Crippen molar-refractivity contribution >= 4 is 5.78 Å². The molecule has 138 valence electrons. The fraction of sp³-hybridized carbons (Fsp3) is 0.762. The third-order valence-electron chi connectivity index (χ3n) is 8.53. The summed E-state index contributed by atoms with van der Waals surface area (Å²) in [6.45, 7) is 6.03. The largest absolute Gasteiger partial charge is 0.515 e. The molecule has 0 amide bonds. The van der Waals surface area contributed by atoms with Crippen molar-refractivity contribution in [3.8, 4) is 0 Å². The first kappa shape index (κ1) is 17.3. The average molecular weight is 348 g/mol. The summed E-state index contributed by atoms with van der Waals surface area (Å²) in [4.78, 5) is 12.2. The first-order chi connectivity index (χ1) is 11.6. The maximum absolute atomic E-state index is 15.6. The third kappa shape index (κ3) is 2.09. The number of rotatable bonds is 0. The fourth-order valence-electron chi connectivity index (χ4n) is 6.93. The van der Waals surface area contributed by atoms with E-state index in [1.165, 1.54) is 0 Å². The van der Waals surface area contributed by atoms with E-state index >= 15 is 4.39 Å². The van der Waals surface area contributed by atoms with Crippen molar-refractivity contribution in [2.45, 2.75) is 71.1 Å². The molecule has 3 saturated carbocycles. The number of carbonyl (C=O) groups excluding carboxylic acids is 1. The van der Waals surface area contributed by atoms with Crippen LogP contribution in [-0.4, -0.2) is 27.8 Å². The van der Waals surface area contributed by atoms with E-state index < -0.39 is 17.2 Å². The van der Waals surface area contributed by atoms with Gasteiger partial charge in [-0.05, 0) is 68.8 Å². The minimum atomic E-state index is -0.988. The van der Waals surface area contributed by atoms with Gasteiger partial charge < -0.3 is 10.2 Å². The Bertz CT molecular complexity index is 679. The predicted octanol–water partition coefficient (Wildman–Crippen LogP) is 4.27. The molecule has 4 aliphatic rings. The summed E-state index contributed by atoms with van der Waals surface area (Å²) in [5.41, 5.74) is -0.125. The molecule has 2 N–H and O–H groups in total. The molecule has 4 rings (SSSR count). The zero-order valence-corrected chi connectivity index (χ0v) is 15.4. The standard InChI is InChI=1S/C21H29FO3/c1-19-9-12(11-23)17(24)8-13(19)4-5-14-15-6-7-21(3,25)20(15,2)10-16(22)18(14)19/h8,11,14-16,18,23,25H,4-7,9-10H2,1-3H3/b12-11-/t14-,15-,16-,18+,19-,20-,21-/m0/s1. The lowest BCUT2D eigenvalue weighted by atomic mass is 9.45. The summed E-state index contributed by atoms with van der Waals surface area (Å²) in [7, 11) is 0. The van der Waals surface area contributed by atoms with Crippen LogP contribution < -0.4 is 0 Å². The Hall–Kier alpha value is -1.16. The fourth-order valence-corrected chi connectivity index (χ4v) is 6.93. The first-order valence-corrected chi connectivity index (χ1v) is 9.59. The molecule has 0 aliphatic heterocycles. The van der Waals surface area contributed by atoms with Gasteiger partial charge in [-0.2, -0.15) is 0 Å². The highest BCUT2D eigenvalue weighted by Gasteiger charge is 2.65. The molecule has 0 aromatic carbocycles. The quantitative estimate of drug-likeness (QED) is 0.508. The molecule has 0 bridgehead atoms. The van der Waals surface area contributed by atoms with Gasteiger partial charge in [-0.25, -0.2) is 4.39 Å². The lowest BCUT2D eigenvalue weighted by Gasteiger charge is -2.59. The Labute approximate surface area is 149 Å². The Morgan fingerprint density at radius 2 is 2.00 bits per heavy atom. The van der Waals surface area contributed by atoms with Gasteiger partial charge in [-0.1, -0.05) is 19.4 Å². The zero-order chi connectivity index (χ0) is 18.2. The van der Waals surface area contributed by atoms with E-state index in [1.807, 2.05) is 6.92 Å². The predicted molar refractivity (Wildman–Crippen MR) is 93.7 cm³/mol. The SMILES string of the molecule is C[C@]12C/C(=C/O)C(=O)C=C1CC[C@@H]1[C@@H]2[C@@H](F)C[C@@]2(C)[C@H]1CC[C@]2(C)O. The number of carbonyl (C=O) groups is 1. The van der Waals surface area contributed by atoms with Crippen LogP contribution in [0.2, 0.25) is 0 Å². The summed E-state index contributed by atoms with van der Waals surface area (Å²) in [6.07, 6.45) is 5.79. The summed E-state index contributed by atoms with van der Waals surface area (Å²) in [5, 5.41) is 20.4. The zero-order valence-electron chi connectivity index (χ0n) is 15.4. The minimum Gasteiger partial charge on any atom is -0.515 e. The van der Waals surface area contributed by atoms with Gasteiger partial charge in [0, 0.05) is 16.9 Å². The molecule has 0 heterocycles. The number of hydrogen-bond donors (Lipinski definition) is 2. The van der Waals surface area contributed by atoms with Crippen molar-refractivity contribution in [3.63, 3.8) is 0 Å². The van der Waals surface area contributed by atoms with Crippen molar-refractivity contribution in [3.05, 3.63) is 23.5 Å². The molecular weight excluding hydrogens is 319 g/mol. The number of fused-ring (bicyclic) bond motifs is 5. The van der Waals surface area contributed by atoms with Crippen LogP contribution in [0.4, 0.5) is 4.39 Å². The van der Waals surface area contributed by atoms with Crippen LogP contribution in [0.5, 0.6) is 0 Å². The van der Waals surface area contributed by atoms with Crippen LogP contribution in [-0.2, 0) is 4.79 Å². The lowest BCUT2D eigenvalue weighted by molar-refractivity contribution is -0.146. The number of allylic oxidation sites excluding steroid dienone is 2. The Morgan fingerprint density at radius 1 is 1.28 bits per heavy atom. The molecule has 4 aliphatic carbocycles. The van der Waals surface area contributed by atoms with E-state index in [1.54, 1.807) is 6.08 Å². The Balaban J connectivity index is 1.77. The smallest absolute Gasteiger partial charge is 0.184 e. The highest BCUT2D eigenvalue weighted by atomic mass is 19.1. The highest BCUT2D eigenvalue weighted by molar-refractivity contribution is 6.05. The van der Waals surface area contributed by atoms with E-state index in [9.17, 15) is 15.0 Å². The first-order valence-electron chi connectivity index (χ1n) is 9.59. The maximum atomic E-state index is 15.6. The van der Waals surface area contributed by atoms with E-state index in [-0.39, 0.29) is 23.0 Å². The summed E-state index contributed by atoms with van der Waals surface area (Å²) < 4.78 is 15.6. The third-order valence-corrected chi connectivity index (χ3v) is 8.53. The minimum absolute atomic E-state index is 0.131. The number of ketones is 1. The van der Waals surface area contributed by atoms with Gasteiger partial charge in [-0.3, -0.25) is 4.79 Å². The summed E-state index contributed by atoms with van der Waals surface area (Å²) >= 11 is 0. The number of aliphatic hydroxyl groups is 2. The normalized spacial score (nSPS) is 53.9. The molecule has 4 heteroatoms. The van der Waals surface area contributed by atoms with Crippen LogP contribution >= 0.6 is 0 Å². The van der Waals surface area contributed by atoms with E-state index in [0.29, 0.717) is 24.3 Å². The van der Waals surface area contributed by atoms with Gasteiger partial charge in [0.2, 0.25) is 0 Å². The van der Waals surface area contributed by atoms with Crippen molar-refractivity contribution in [1.82, 2.24) is 0 Å². The van der Waals surface area contributed by atoms with Gasteiger partial charge in [-0.15, -0.1) is 0 Å². The second kappa shape index (κ2) is 5.18. The van der Waals surface area contributed by atoms with E-state index in [4.69, 9.17) is 0 Å². The van der Waals surface area contributed by atoms with Crippen LogP contribution in [0.1, 0.15) is 59.3 Å². The molecule has 0 radical (unpaired) electrons. The molecule has 0 saturated heterocycles. The molecule has 0 unspecified atom stereocenters. The Kier molecular flexibility index (Phi) is 3.58. The van der Waals surface area contributed by atoms with Crippen LogP contribution in [0.25, 0.3) is 0 Å². The maximum Gasteiger partial charge on any atom is 0.184 e. The number of alkyl halides is 1. The molecule has 0 aromatic heterocycles. The molecule has 0 aromatic rings.